The summed E-state index contributed by atoms with van der Waals surface area (Å²) in [6, 6.07) is 17.7. The number of anilines is 1. The maximum absolute atomic E-state index is 13.7. The van der Waals surface area contributed by atoms with Crippen LogP contribution in [0.25, 0.3) is 0 Å². The van der Waals surface area contributed by atoms with Gasteiger partial charge in [-0.2, -0.15) is 4.31 Å². The van der Waals surface area contributed by atoms with E-state index in [0.29, 0.717) is 5.75 Å². The molecule has 1 aliphatic rings. The van der Waals surface area contributed by atoms with Crippen LogP contribution in [0, 0.1) is 5.92 Å². The number of amides is 1. The second kappa shape index (κ2) is 12.7. The quantitative estimate of drug-likeness (QED) is 0.354. The molecule has 226 valence electrons. The molecule has 0 aromatic heterocycles. The van der Waals surface area contributed by atoms with E-state index in [1.807, 2.05) is 6.92 Å². The molecule has 4 rings (SSSR count). The molecule has 0 unspecified atom stereocenters. The average molecular weight is 618 g/mol. The number of likely N-dealkylation sites (N-methyl/N-ethyl adjacent to an activating group) is 1. The van der Waals surface area contributed by atoms with Gasteiger partial charge in [-0.15, -0.1) is 0 Å². The first-order valence-electron chi connectivity index (χ1n) is 13.3. The Balaban J connectivity index is 1.74. The van der Waals surface area contributed by atoms with Gasteiger partial charge >= 0.3 is 0 Å². The molecule has 1 aliphatic heterocycles. The summed E-state index contributed by atoms with van der Waals surface area (Å²) in [5.41, 5.74) is 0.113. The first-order chi connectivity index (χ1) is 19.9. The Hall–Kier alpha value is -3.65. The molecular formula is C29H35N3O8S2. The van der Waals surface area contributed by atoms with Gasteiger partial charge in [0.2, 0.25) is 10.0 Å². The molecule has 3 aromatic carbocycles. The van der Waals surface area contributed by atoms with Gasteiger partial charge in [-0.1, -0.05) is 31.2 Å². The standard InChI is InChI=1S/C29H35N3O8S2/c1-20-17-32(21(2)19-33)29(34)25-11-8-12-26(30-41(35,36)23-9-6-5-7-10-23)28(25)40-27(20)18-31(3)42(37,38)24-15-13-22(39-4)14-16-24/h5-16,20-21,27,30,33H,17-19H2,1-4H3/t20-,21-,27+/m1/s1. The van der Waals surface area contributed by atoms with E-state index in [1.54, 1.807) is 37.3 Å². The van der Waals surface area contributed by atoms with E-state index in [9.17, 15) is 26.7 Å². The van der Waals surface area contributed by atoms with E-state index in [1.165, 1.54) is 61.5 Å². The summed E-state index contributed by atoms with van der Waals surface area (Å²) in [5.74, 6) is -0.373. The lowest BCUT2D eigenvalue weighted by Crippen LogP contribution is -2.50. The number of benzene rings is 3. The van der Waals surface area contributed by atoms with Gasteiger partial charge in [0.25, 0.3) is 15.9 Å². The predicted octanol–water partition coefficient (Wildman–Crippen LogP) is 3.04. The zero-order chi connectivity index (χ0) is 30.7. The number of aliphatic hydroxyl groups is 1. The Bertz CT molecular complexity index is 1610. The number of hydrogen-bond acceptors (Lipinski definition) is 8. The fraction of sp³-hybridized carbons (Fsp3) is 0.345. The molecule has 42 heavy (non-hydrogen) atoms. The van der Waals surface area contributed by atoms with Crippen molar-refractivity contribution in [1.82, 2.24) is 9.21 Å². The van der Waals surface area contributed by atoms with Crippen molar-refractivity contribution in [2.24, 2.45) is 5.92 Å². The second-order valence-electron chi connectivity index (χ2n) is 10.2. The number of fused-ring (bicyclic) bond motifs is 1. The van der Waals surface area contributed by atoms with Crippen molar-refractivity contribution in [2.75, 3.05) is 38.6 Å². The van der Waals surface area contributed by atoms with Gasteiger partial charge in [-0.05, 0) is 55.5 Å². The lowest BCUT2D eigenvalue weighted by atomic mass is 9.99. The average Bonchev–Trinajstić information content (AvgIpc) is 2.99. The Morgan fingerprint density at radius 3 is 2.31 bits per heavy atom. The summed E-state index contributed by atoms with van der Waals surface area (Å²) >= 11 is 0. The van der Waals surface area contributed by atoms with Crippen molar-refractivity contribution < 1.29 is 36.2 Å². The van der Waals surface area contributed by atoms with Crippen LogP contribution in [-0.2, 0) is 20.0 Å². The maximum atomic E-state index is 13.7. The number of methoxy groups -OCH3 is 1. The first kappa shape index (κ1) is 31.3. The molecule has 0 saturated heterocycles. The van der Waals surface area contributed by atoms with E-state index in [0.717, 1.165) is 4.31 Å². The minimum atomic E-state index is -4.05. The number of sulfonamides is 2. The topological polar surface area (TPSA) is 143 Å². The highest BCUT2D eigenvalue weighted by molar-refractivity contribution is 7.92. The Morgan fingerprint density at radius 1 is 1.02 bits per heavy atom. The molecule has 0 bridgehead atoms. The molecule has 1 heterocycles. The van der Waals surface area contributed by atoms with E-state index in [2.05, 4.69) is 4.72 Å². The van der Waals surface area contributed by atoms with Crippen molar-refractivity contribution >= 4 is 31.6 Å². The van der Waals surface area contributed by atoms with Crippen LogP contribution in [0.1, 0.15) is 24.2 Å². The Morgan fingerprint density at radius 2 is 1.69 bits per heavy atom. The lowest BCUT2D eigenvalue weighted by molar-refractivity contribution is 0.0389. The zero-order valence-electron chi connectivity index (χ0n) is 23.8. The third kappa shape index (κ3) is 6.54. The van der Waals surface area contributed by atoms with E-state index >= 15 is 0 Å². The molecular weight excluding hydrogens is 582 g/mol. The van der Waals surface area contributed by atoms with Crippen LogP contribution in [0.5, 0.6) is 11.5 Å². The van der Waals surface area contributed by atoms with Gasteiger partial charge in [-0.25, -0.2) is 16.8 Å². The number of carbonyl (C=O) groups is 1. The monoisotopic (exact) mass is 617 g/mol. The van der Waals surface area contributed by atoms with E-state index in [-0.39, 0.29) is 46.5 Å². The largest absolute Gasteiger partial charge is 0.497 e. The summed E-state index contributed by atoms with van der Waals surface area (Å²) in [6.45, 7) is 3.27. The minimum absolute atomic E-state index is 0.0190. The van der Waals surface area contributed by atoms with E-state index in [4.69, 9.17) is 9.47 Å². The summed E-state index contributed by atoms with van der Waals surface area (Å²) in [6.07, 6.45) is -0.800. The SMILES string of the molecule is COc1ccc(S(=O)(=O)N(C)C[C@@H]2Oc3c(NS(=O)(=O)c4ccccc4)cccc3C(=O)N([C@H](C)CO)C[C@H]2C)cc1. The molecule has 2 N–H and O–H groups in total. The number of aliphatic hydroxyl groups excluding tert-OH is 1. The number of nitrogens with one attached hydrogen (secondary N) is 1. The highest BCUT2D eigenvalue weighted by Crippen LogP contribution is 2.36. The number of hydrogen-bond donors (Lipinski definition) is 2. The van der Waals surface area contributed by atoms with Crippen LogP contribution in [0.3, 0.4) is 0 Å². The summed E-state index contributed by atoms with van der Waals surface area (Å²) < 4.78 is 68.5. The van der Waals surface area contributed by atoms with Gasteiger partial charge in [-0.3, -0.25) is 9.52 Å². The molecule has 3 aromatic rings. The van der Waals surface area contributed by atoms with Crippen LogP contribution in [0.2, 0.25) is 0 Å². The van der Waals surface area contributed by atoms with Crippen LogP contribution in [0.15, 0.2) is 82.6 Å². The third-order valence-corrected chi connectivity index (χ3v) is 10.4. The van der Waals surface area contributed by atoms with Crippen molar-refractivity contribution in [2.45, 2.75) is 35.8 Å². The van der Waals surface area contributed by atoms with Crippen molar-refractivity contribution in [3.05, 3.63) is 78.4 Å². The highest BCUT2D eigenvalue weighted by Gasteiger charge is 2.36. The lowest BCUT2D eigenvalue weighted by Gasteiger charge is -2.38. The molecule has 0 aliphatic carbocycles. The molecule has 13 heteroatoms. The van der Waals surface area contributed by atoms with Gasteiger partial charge in [0, 0.05) is 19.5 Å². The Kier molecular flexibility index (Phi) is 9.46. The summed E-state index contributed by atoms with van der Waals surface area (Å²) in [5, 5.41) is 9.90. The molecule has 0 fully saturated rings. The molecule has 0 saturated carbocycles. The number of rotatable bonds is 10. The molecule has 1 amide bonds. The van der Waals surface area contributed by atoms with Gasteiger partial charge in [0.05, 0.1) is 47.3 Å². The normalized spacial score (nSPS) is 18.4. The maximum Gasteiger partial charge on any atom is 0.262 e. The first-order valence-corrected chi connectivity index (χ1v) is 16.2. The number of carbonyl (C=O) groups excluding carboxylic acids is 1. The zero-order valence-corrected chi connectivity index (χ0v) is 25.4. The fourth-order valence-electron chi connectivity index (χ4n) is 4.62. The fourth-order valence-corrected chi connectivity index (χ4v) is 6.89. The molecule has 0 radical (unpaired) electrons. The number of para-hydroxylation sites is 1. The van der Waals surface area contributed by atoms with E-state index < -0.39 is 44.0 Å². The summed E-state index contributed by atoms with van der Waals surface area (Å²) in [4.78, 5) is 15.3. The van der Waals surface area contributed by atoms with Crippen molar-refractivity contribution in [3.63, 3.8) is 0 Å². The smallest absolute Gasteiger partial charge is 0.262 e. The van der Waals surface area contributed by atoms with Gasteiger partial charge in [0.1, 0.15) is 11.9 Å². The van der Waals surface area contributed by atoms with Crippen LogP contribution in [-0.4, -0.2) is 83.1 Å². The molecule has 3 atom stereocenters. The number of nitrogens with zero attached hydrogens (tertiary/aromatic N) is 2. The van der Waals surface area contributed by atoms with Crippen LogP contribution < -0.4 is 14.2 Å². The number of ether oxygens (including phenoxy) is 2. The van der Waals surface area contributed by atoms with Crippen LogP contribution in [0.4, 0.5) is 5.69 Å². The minimum Gasteiger partial charge on any atom is -0.497 e. The second-order valence-corrected chi connectivity index (χ2v) is 13.9. The third-order valence-electron chi connectivity index (χ3n) is 7.19. The van der Waals surface area contributed by atoms with Gasteiger partial charge in [0.15, 0.2) is 5.75 Å². The molecule has 0 spiro atoms. The highest BCUT2D eigenvalue weighted by atomic mass is 32.2. The Labute approximate surface area is 246 Å². The predicted molar refractivity (Wildman–Crippen MR) is 158 cm³/mol. The van der Waals surface area contributed by atoms with Crippen LogP contribution >= 0.6 is 0 Å². The van der Waals surface area contributed by atoms with Crippen molar-refractivity contribution in [3.8, 4) is 11.5 Å². The molecule has 11 nitrogen and oxygen atoms in total. The summed E-state index contributed by atoms with van der Waals surface area (Å²) in [7, 11) is -5.07. The van der Waals surface area contributed by atoms with Crippen molar-refractivity contribution in [1.29, 1.82) is 0 Å². The van der Waals surface area contributed by atoms with Gasteiger partial charge < -0.3 is 19.5 Å².